The largest absolute Gasteiger partial charge is 0.491 e. The molecule has 0 aromatic heterocycles. The van der Waals surface area contributed by atoms with Crippen LogP contribution in [0.1, 0.15) is 32.6 Å². The monoisotopic (exact) mass is 283 g/mol. The van der Waals surface area contributed by atoms with E-state index in [1.165, 1.54) is 36.5 Å². The molecule has 2 nitrogen and oxygen atoms in total. The van der Waals surface area contributed by atoms with Crippen molar-refractivity contribution in [3.05, 3.63) is 42.5 Å². The van der Waals surface area contributed by atoms with Crippen LogP contribution in [0.4, 0.5) is 0 Å². The number of rotatable bonds is 6. The Morgan fingerprint density at radius 3 is 2.67 bits per heavy atom. The lowest BCUT2D eigenvalue weighted by atomic mass is 9.99. The van der Waals surface area contributed by atoms with Gasteiger partial charge in [-0.3, -0.25) is 0 Å². The van der Waals surface area contributed by atoms with E-state index in [-0.39, 0.29) is 0 Å². The van der Waals surface area contributed by atoms with Gasteiger partial charge in [-0.15, -0.1) is 0 Å². The molecule has 3 rings (SSSR count). The highest BCUT2D eigenvalue weighted by Gasteiger charge is 2.24. The third-order valence-electron chi connectivity index (χ3n) is 4.60. The third-order valence-corrected chi connectivity index (χ3v) is 4.60. The molecule has 1 N–H and O–H groups in total. The second-order valence-electron chi connectivity index (χ2n) is 6.00. The van der Waals surface area contributed by atoms with Crippen LogP contribution in [0.5, 0.6) is 5.75 Å². The van der Waals surface area contributed by atoms with E-state index in [0.717, 1.165) is 24.8 Å². The number of hydrogen-bond acceptors (Lipinski definition) is 2. The molecule has 0 spiro atoms. The normalized spacial score (nSPS) is 17.2. The summed E-state index contributed by atoms with van der Waals surface area (Å²) in [5.74, 6) is 1.79. The van der Waals surface area contributed by atoms with Crippen molar-refractivity contribution in [3.63, 3.8) is 0 Å². The molecule has 0 saturated heterocycles. The SMILES string of the molecule is CCNC(COc1cccc2ccccc12)C1CCCC1. The predicted molar refractivity (Wildman–Crippen MR) is 88.9 cm³/mol. The highest BCUT2D eigenvalue weighted by molar-refractivity contribution is 5.88. The number of likely N-dealkylation sites (N-methyl/N-ethyl adjacent to an activating group) is 1. The standard InChI is InChI=1S/C19H25NO/c1-2-20-18(16-9-3-4-10-16)14-21-19-13-7-11-15-8-5-6-12-17(15)19/h5-8,11-13,16,18,20H,2-4,9-10,14H2,1H3. The maximum absolute atomic E-state index is 6.18. The zero-order valence-corrected chi connectivity index (χ0v) is 12.8. The van der Waals surface area contributed by atoms with E-state index in [9.17, 15) is 0 Å². The Morgan fingerprint density at radius 2 is 1.86 bits per heavy atom. The van der Waals surface area contributed by atoms with Crippen LogP contribution in [0.3, 0.4) is 0 Å². The Morgan fingerprint density at radius 1 is 1.10 bits per heavy atom. The molecule has 1 saturated carbocycles. The number of nitrogens with one attached hydrogen (secondary N) is 1. The Balaban J connectivity index is 1.72. The predicted octanol–water partition coefficient (Wildman–Crippen LogP) is 4.39. The van der Waals surface area contributed by atoms with Crippen LogP contribution >= 0.6 is 0 Å². The van der Waals surface area contributed by atoms with E-state index in [0.29, 0.717) is 6.04 Å². The number of hydrogen-bond donors (Lipinski definition) is 1. The van der Waals surface area contributed by atoms with Gasteiger partial charge in [0, 0.05) is 11.4 Å². The van der Waals surface area contributed by atoms with Crippen LogP contribution in [0, 0.1) is 5.92 Å². The first-order chi connectivity index (χ1) is 10.4. The van der Waals surface area contributed by atoms with Gasteiger partial charge in [0.25, 0.3) is 0 Å². The van der Waals surface area contributed by atoms with Gasteiger partial charge < -0.3 is 10.1 Å². The number of ether oxygens (including phenoxy) is 1. The summed E-state index contributed by atoms with van der Waals surface area (Å²) in [4.78, 5) is 0. The first-order valence-corrected chi connectivity index (χ1v) is 8.22. The minimum absolute atomic E-state index is 0.483. The zero-order valence-electron chi connectivity index (χ0n) is 12.8. The van der Waals surface area contributed by atoms with E-state index in [1.54, 1.807) is 0 Å². The molecule has 2 aromatic rings. The van der Waals surface area contributed by atoms with Crippen molar-refractivity contribution in [2.45, 2.75) is 38.6 Å². The van der Waals surface area contributed by atoms with Crippen molar-refractivity contribution in [1.29, 1.82) is 0 Å². The van der Waals surface area contributed by atoms with Crippen molar-refractivity contribution in [2.24, 2.45) is 5.92 Å². The van der Waals surface area contributed by atoms with Gasteiger partial charge in [-0.05, 0) is 36.8 Å². The fraction of sp³-hybridized carbons (Fsp3) is 0.474. The molecule has 2 aromatic carbocycles. The maximum atomic E-state index is 6.18. The second-order valence-corrected chi connectivity index (χ2v) is 6.00. The lowest BCUT2D eigenvalue weighted by Gasteiger charge is -2.24. The molecule has 0 radical (unpaired) electrons. The third kappa shape index (κ3) is 3.38. The van der Waals surface area contributed by atoms with Crippen LogP contribution in [-0.2, 0) is 0 Å². The molecule has 1 atom stereocenters. The highest BCUT2D eigenvalue weighted by Crippen LogP contribution is 2.29. The Hall–Kier alpha value is -1.54. The van der Waals surface area contributed by atoms with Gasteiger partial charge in [0.05, 0.1) is 0 Å². The smallest absolute Gasteiger partial charge is 0.127 e. The van der Waals surface area contributed by atoms with Crippen molar-refractivity contribution < 1.29 is 4.74 Å². The van der Waals surface area contributed by atoms with Gasteiger partial charge in [-0.25, -0.2) is 0 Å². The van der Waals surface area contributed by atoms with Crippen molar-refractivity contribution in [3.8, 4) is 5.75 Å². The average molecular weight is 283 g/mol. The molecular formula is C19H25NO. The fourth-order valence-corrected chi connectivity index (χ4v) is 3.48. The van der Waals surface area contributed by atoms with Gasteiger partial charge in [-0.2, -0.15) is 0 Å². The summed E-state index contributed by atoms with van der Waals surface area (Å²) >= 11 is 0. The topological polar surface area (TPSA) is 21.3 Å². The van der Waals surface area contributed by atoms with E-state index >= 15 is 0 Å². The number of benzene rings is 2. The van der Waals surface area contributed by atoms with Gasteiger partial charge in [-0.1, -0.05) is 56.2 Å². The van der Waals surface area contributed by atoms with E-state index in [4.69, 9.17) is 4.74 Å². The van der Waals surface area contributed by atoms with E-state index < -0.39 is 0 Å². The molecule has 0 aliphatic heterocycles. The quantitative estimate of drug-likeness (QED) is 0.849. The molecule has 2 heteroatoms. The molecule has 1 unspecified atom stereocenters. The zero-order chi connectivity index (χ0) is 14.5. The summed E-state index contributed by atoms with van der Waals surface area (Å²) in [7, 11) is 0. The molecule has 1 fully saturated rings. The second kappa shape index (κ2) is 6.95. The molecule has 0 bridgehead atoms. The van der Waals surface area contributed by atoms with Crippen LogP contribution < -0.4 is 10.1 Å². The summed E-state index contributed by atoms with van der Waals surface area (Å²) in [5.41, 5.74) is 0. The Kier molecular flexibility index (Phi) is 4.76. The van der Waals surface area contributed by atoms with Gasteiger partial charge in [0.2, 0.25) is 0 Å². The van der Waals surface area contributed by atoms with E-state index in [2.05, 4.69) is 54.7 Å². The Labute approximate surface area is 127 Å². The maximum Gasteiger partial charge on any atom is 0.127 e. The summed E-state index contributed by atoms with van der Waals surface area (Å²) in [6.45, 7) is 3.96. The van der Waals surface area contributed by atoms with Crippen LogP contribution in [0.25, 0.3) is 10.8 Å². The summed E-state index contributed by atoms with van der Waals surface area (Å²) in [6, 6.07) is 15.2. The lowest BCUT2D eigenvalue weighted by molar-refractivity contribution is 0.221. The molecule has 21 heavy (non-hydrogen) atoms. The first-order valence-electron chi connectivity index (χ1n) is 8.22. The molecular weight excluding hydrogens is 258 g/mol. The van der Waals surface area contributed by atoms with Crippen molar-refractivity contribution in [2.75, 3.05) is 13.2 Å². The van der Waals surface area contributed by atoms with Crippen LogP contribution in [-0.4, -0.2) is 19.2 Å². The molecule has 0 amide bonds. The molecule has 112 valence electrons. The Bertz CT molecular complexity index is 569. The van der Waals surface area contributed by atoms with Gasteiger partial charge in [0.15, 0.2) is 0 Å². The summed E-state index contributed by atoms with van der Waals surface area (Å²) < 4.78 is 6.18. The minimum atomic E-state index is 0.483. The van der Waals surface area contributed by atoms with Crippen molar-refractivity contribution >= 4 is 10.8 Å². The fourth-order valence-electron chi connectivity index (χ4n) is 3.48. The molecule has 1 aliphatic rings. The summed E-state index contributed by atoms with van der Waals surface area (Å²) in [6.07, 6.45) is 5.44. The van der Waals surface area contributed by atoms with Crippen molar-refractivity contribution in [1.82, 2.24) is 5.32 Å². The summed E-state index contributed by atoms with van der Waals surface area (Å²) in [5, 5.41) is 6.07. The highest BCUT2D eigenvalue weighted by atomic mass is 16.5. The van der Waals surface area contributed by atoms with E-state index in [1.807, 2.05) is 0 Å². The van der Waals surface area contributed by atoms with Gasteiger partial charge in [0.1, 0.15) is 12.4 Å². The van der Waals surface area contributed by atoms with Crippen LogP contribution in [0.15, 0.2) is 42.5 Å². The minimum Gasteiger partial charge on any atom is -0.491 e. The van der Waals surface area contributed by atoms with Crippen LogP contribution in [0.2, 0.25) is 0 Å². The molecule has 1 aliphatic carbocycles. The average Bonchev–Trinajstić information content (AvgIpc) is 3.05. The van der Waals surface area contributed by atoms with Gasteiger partial charge >= 0.3 is 0 Å². The first kappa shape index (κ1) is 14.4. The lowest BCUT2D eigenvalue weighted by Crippen LogP contribution is -2.40. The molecule has 0 heterocycles. The number of fused-ring (bicyclic) bond motifs is 1.